The number of primary amides is 2. The summed E-state index contributed by atoms with van der Waals surface area (Å²) in [6.07, 6.45) is 0.746. The molecule has 2 fully saturated rings. The maximum Gasteiger partial charge on any atom is 0.321 e. The zero-order valence-corrected chi connectivity index (χ0v) is 30.0. The highest BCUT2D eigenvalue weighted by atomic mass is 32.1. The van der Waals surface area contributed by atoms with Crippen molar-refractivity contribution in [3.8, 4) is 0 Å². The second-order valence-electron chi connectivity index (χ2n) is 11.6. The van der Waals surface area contributed by atoms with Crippen LogP contribution in [0.15, 0.2) is 4.99 Å². The highest BCUT2D eigenvalue weighted by Gasteiger charge is 2.39. The topological polar surface area (TPSA) is 380 Å². The number of likely N-dealkylation sites (tertiary alicyclic amines) is 1. The van der Waals surface area contributed by atoms with Crippen LogP contribution in [0.4, 0.5) is 0 Å². The van der Waals surface area contributed by atoms with Gasteiger partial charge in [-0.2, -0.15) is 12.6 Å². The van der Waals surface area contributed by atoms with Gasteiger partial charge in [-0.15, -0.1) is 0 Å². The van der Waals surface area contributed by atoms with Crippen LogP contribution >= 0.6 is 24.8 Å². The van der Waals surface area contributed by atoms with Crippen LogP contribution in [-0.2, 0) is 43.2 Å². The molecule has 0 radical (unpaired) electrons. The van der Waals surface area contributed by atoms with Gasteiger partial charge in [0.05, 0.1) is 6.42 Å². The Kier molecular flexibility index (Phi) is 19.0. The van der Waals surface area contributed by atoms with Crippen LogP contribution in [0, 0.1) is 0 Å². The summed E-state index contributed by atoms with van der Waals surface area (Å²) in [6.45, 7) is 1.66. The Balaban J connectivity index is 0.00000174. The molecular weight excluding hydrogens is 729 g/mol. The van der Waals surface area contributed by atoms with Crippen LogP contribution in [0.2, 0.25) is 0 Å². The molecule has 0 aliphatic carbocycles. The van der Waals surface area contributed by atoms with E-state index in [1.807, 2.05) is 0 Å². The third kappa shape index (κ3) is 15.4. The Morgan fingerprint density at radius 1 is 1.00 bits per heavy atom. The highest BCUT2D eigenvalue weighted by Crippen LogP contribution is 2.19. The SMILES string of the molecule is C[C@H](NC(=O)[C@H](CC(N)=O)NC(=O)[C@@H]1CCC(=O)N1)C(=O)N1CCC[C@H]1C(=O)N[C@@H](CCCN=C(N)N)C(=O)NC(=S)C(N)=O.N[C@@H](CS)C(=O)O. The quantitative estimate of drug-likeness (QED) is 0.0228. The van der Waals surface area contributed by atoms with E-state index in [2.05, 4.69) is 44.2 Å². The van der Waals surface area contributed by atoms with E-state index in [0.29, 0.717) is 6.42 Å². The number of hydrogen-bond donors (Lipinski definition) is 12. The first-order valence-electron chi connectivity index (χ1n) is 15.9. The molecule has 0 spiro atoms. The molecule has 2 heterocycles. The van der Waals surface area contributed by atoms with Crippen molar-refractivity contribution in [2.45, 2.75) is 88.1 Å². The van der Waals surface area contributed by atoms with Crippen molar-refractivity contribution in [2.24, 2.45) is 33.7 Å². The van der Waals surface area contributed by atoms with E-state index >= 15 is 0 Å². The predicted molar refractivity (Wildman–Crippen MR) is 190 cm³/mol. The van der Waals surface area contributed by atoms with Gasteiger partial charge in [-0.1, -0.05) is 12.2 Å². The van der Waals surface area contributed by atoms with Crippen LogP contribution in [0.3, 0.4) is 0 Å². The first kappa shape index (κ1) is 44.9. The number of aliphatic imine (C=N–C) groups is 1. The lowest BCUT2D eigenvalue weighted by Crippen LogP contribution is -2.58. The minimum atomic E-state index is -1.43. The summed E-state index contributed by atoms with van der Waals surface area (Å²) in [4.78, 5) is 114. The molecule has 0 aromatic heterocycles. The summed E-state index contributed by atoms with van der Waals surface area (Å²) < 4.78 is 0. The van der Waals surface area contributed by atoms with Crippen molar-refractivity contribution in [2.75, 3.05) is 18.8 Å². The van der Waals surface area contributed by atoms with Crippen LogP contribution in [0.25, 0.3) is 0 Å². The second-order valence-corrected chi connectivity index (χ2v) is 12.4. The van der Waals surface area contributed by atoms with Crippen molar-refractivity contribution < 1.29 is 48.3 Å². The normalized spacial score (nSPS) is 18.4. The lowest BCUT2D eigenvalue weighted by Gasteiger charge is -2.29. The van der Waals surface area contributed by atoms with Gasteiger partial charge in [0.2, 0.25) is 41.4 Å². The fourth-order valence-corrected chi connectivity index (χ4v) is 5.06. The second kappa shape index (κ2) is 22.0. The van der Waals surface area contributed by atoms with Gasteiger partial charge in [0.25, 0.3) is 5.91 Å². The van der Waals surface area contributed by atoms with E-state index < -0.39 is 95.0 Å². The number of thiol groups is 1. The molecule has 2 rings (SSSR count). The zero-order valence-electron chi connectivity index (χ0n) is 28.3. The van der Waals surface area contributed by atoms with Crippen LogP contribution in [-0.4, -0.2) is 129 Å². The van der Waals surface area contributed by atoms with Crippen molar-refractivity contribution in [3.05, 3.63) is 0 Å². The fourth-order valence-electron chi connectivity index (χ4n) is 4.80. The number of carboxylic acids is 1. The number of guanidine groups is 1. The fraction of sp³-hybridized carbons (Fsp3) is 0.607. The van der Waals surface area contributed by atoms with Crippen LogP contribution < -0.4 is 55.3 Å². The molecule has 16 N–H and O–H groups in total. The standard InChI is InChI=1S/C25H39N11O8S.C3H7NO2S/c1-11(31-21(42)14(10-16(26)37)34-19(40)13-6-7-17(38)32-13)24(44)36-9-3-5-15(36)22(43)33-12(4-2-8-30-25(28)29)20(41)35-23(45)18(27)39;4-2(1-7)3(5)6/h11-15H,2-10H2,1H3,(H2,26,37)(H2,27,39)(H,31,42)(H,32,38)(H,33,43)(H,34,40)(H4,28,29,30)(H,35,41,45);2,7H,1,4H2,(H,5,6)/t11-,12-,13-,14-,15-;2-/m00/s1. The molecular formula is C28H46N12O10S2. The number of nitrogens with one attached hydrogen (secondary N) is 5. The van der Waals surface area contributed by atoms with Crippen LogP contribution in [0.1, 0.15) is 51.9 Å². The first-order valence-corrected chi connectivity index (χ1v) is 16.9. The Labute approximate surface area is 308 Å². The van der Waals surface area contributed by atoms with Gasteiger partial charge in [-0.25, -0.2) is 0 Å². The Bertz CT molecular complexity index is 1430. The van der Waals surface area contributed by atoms with E-state index in [1.54, 1.807) is 0 Å². The summed E-state index contributed by atoms with van der Waals surface area (Å²) in [5, 5.41) is 20.0. The van der Waals surface area contributed by atoms with Gasteiger partial charge in [0.15, 0.2) is 10.9 Å². The van der Waals surface area contributed by atoms with Crippen LogP contribution in [0.5, 0.6) is 0 Å². The molecule has 2 aliphatic heterocycles. The van der Waals surface area contributed by atoms with Gasteiger partial charge >= 0.3 is 5.97 Å². The van der Waals surface area contributed by atoms with Crippen molar-refractivity contribution in [1.29, 1.82) is 0 Å². The third-order valence-electron chi connectivity index (χ3n) is 7.47. The smallest absolute Gasteiger partial charge is 0.321 e. The van der Waals surface area contributed by atoms with Crippen molar-refractivity contribution in [1.82, 2.24) is 31.5 Å². The molecule has 0 aromatic carbocycles. The number of thiocarbonyl (C=S) groups is 1. The maximum absolute atomic E-state index is 13.3. The highest BCUT2D eigenvalue weighted by molar-refractivity contribution is 7.82. The molecule has 22 nitrogen and oxygen atoms in total. The molecule has 290 valence electrons. The maximum atomic E-state index is 13.3. The minimum absolute atomic E-state index is 0.0420. The summed E-state index contributed by atoms with van der Waals surface area (Å²) in [5.41, 5.74) is 25.9. The minimum Gasteiger partial charge on any atom is -0.480 e. The summed E-state index contributed by atoms with van der Waals surface area (Å²) in [5.74, 6) is -6.95. The number of hydrogen-bond acceptors (Lipinski definition) is 13. The molecule has 0 saturated carbocycles. The average Bonchev–Trinajstić information content (AvgIpc) is 3.74. The lowest BCUT2D eigenvalue weighted by atomic mass is 10.1. The molecule has 24 heteroatoms. The number of amides is 8. The Morgan fingerprint density at radius 3 is 2.13 bits per heavy atom. The van der Waals surface area contributed by atoms with Gasteiger partial charge in [0.1, 0.15) is 36.3 Å². The lowest BCUT2D eigenvalue weighted by molar-refractivity contribution is -0.142. The van der Waals surface area contributed by atoms with Crippen molar-refractivity contribution in [3.63, 3.8) is 0 Å². The molecule has 6 atom stereocenters. The van der Waals surface area contributed by atoms with Gasteiger partial charge in [-0.05, 0) is 39.0 Å². The summed E-state index contributed by atoms with van der Waals surface area (Å²) >= 11 is 8.40. The van der Waals surface area contributed by atoms with Gasteiger partial charge in [-0.3, -0.25) is 48.1 Å². The van der Waals surface area contributed by atoms with Crippen molar-refractivity contribution >= 4 is 89.0 Å². The summed E-state index contributed by atoms with van der Waals surface area (Å²) in [7, 11) is 0. The van der Waals surface area contributed by atoms with E-state index in [0.717, 1.165) is 0 Å². The number of rotatable bonds is 16. The molecule has 8 amide bonds. The predicted octanol–water partition coefficient (Wildman–Crippen LogP) is -6.08. The van der Waals surface area contributed by atoms with E-state index in [9.17, 15) is 43.2 Å². The number of nitrogens with two attached hydrogens (primary N) is 5. The first-order chi connectivity index (χ1) is 24.3. The molecule has 52 heavy (non-hydrogen) atoms. The summed E-state index contributed by atoms with van der Waals surface area (Å²) in [6, 6.07) is -6.53. The van der Waals surface area contributed by atoms with Gasteiger partial charge in [0, 0.05) is 25.3 Å². The van der Waals surface area contributed by atoms with E-state index in [1.165, 1.54) is 11.8 Å². The molecule has 2 aliphatic rings. The number of carbonyl (C=O) groups is 9. The Morgan fingerprint density at radius 2 is 1.63 bits per heavy atom. The molecule has 0 aromatic rings. The molecule has 2 saturated heterocycles. The number of carbonyl (C=O) groups excluding carboxylic acids is 8. The van der Waals surface area contributed by atoms with E-state index in [4.69, 9.17) is 46.0 Å². The average molecular weight is 775 g/mol. The molecule has 0 bridgehead atoms. The zero-order chi connectivity index (χ0) is 39.7. The van der Waals surface area contributed by atoms with Gasteiger partial charge < -0.3 is 65.3 Å². The molecule has 0 unspecified atom stereocenters. The van der Waals surface area contributed by atoms with E-state index in [-0.39, 0.29) is 62.8 Å². The number of carboxylic acid groups (broad SMARTS) is 1. The monoisotopic (exact) mass is 774 g/mol. The Hall–Kier alpha value is -5.10. The number of nitrogens with zero attached hydrogens (tertiary/aromatic N) is 2. The largest absolute Gasteiger partial charge is 0.480 e. The number of aliphatic carboxylic acids is 1. The third-order valence-corrected chi connectivity index (χ3v) is 8.17.